The number of halogens is 6. The Kier molecular flexibility index (Phi) is 8.49. The molecule has 0 amide bonds. The van der Waals surface area contributed by atoms with Gasteiger partial charge in [-0.05, 0) is 56.6 Å². The van der Waals surface area contributed by atoms with Gasteiger partial charge in [0.05, 0.1) is 21.7 Å². The summed E-state index contributed by atoms with van der Waals surface area (Å²) in [7, 11) is -2.61. The number of likely N-dealkylation sites (tertiary alicyclic amines) is 1. The molecule has 38 heavy (non-hydrogen) atoms. The molecule has 0 aromatic heterocycles. The third kappa shape index (κ3) is 7.09. The van der Waals surface area contributed by atoms with Crippen LogP contribution in [-0.4, -0.2) is 44.8 Å². The summed E-state index contributed by atoms with van der Waals surface area (Å²) in [5.41, 5.74) is -2.16. The van der Waals surface area contributed by atoms with Crippen LogP contribution in [0.3, 0.4) is 0 Å². The number of rotatable bonds is 7. The maximum Gasteiger partial charge on any atom is 0.419 e. The molecule has 1 heterocycles. The maximum absolute atomic E-state index is 13.7. The lowest BCUT2D eigenvalue weighted by atomic mass is 10.0. The molecule has 0 bridgehead atoms. The van der Waals surface area contributed by atoms with Gasteiger partial charge in [-0.2, -0.15) is 26.3 Å². The molecular formula is C25H28F6N2O3S2. The lowest BCUT2D eigenvalue weighted by Gasteiger charge is -2.23. The summed E-state index contributed by atoms with van der Waals surface area (Å²) in [6.07, 6.45) is -5.10. The van der Waals surface area contributed by atoms with Crippen molar-refractivity contribution >= 4 is 27.5 Å². The lowest BCUT2D eigenvalue weighted by molar-refractivity contribution is -0.140. The zero-order chi connectivity index (χ0) is 27.7. The van der Waals surface area contributed by atoms with Gasteiger partial charge in [0, 0.05) is 29.3 Å². The van der Waals surface area contributed by atoms with Gasteiger partial charge in [0.25, 0.3) is 10.0 Å². The van der Waals surface area contributed by atoms with Gasteiger partial charge >= 0.3 is 12.4 Å². The summed E-state index contributed by atoms with van der Waals surface area (Å²) in [6.45, 7) is 1.06. The van der Waals surface area contributed by atoms with Crippen molar-refractivity contribution in [1.82, 2.24) is 4.90 Å². The van der Waals surface area contributed by atoms with Crippen LogP contribution in [0.25, 0.3) is 0 Å². The Balaban J connectivity index is 1.62. The molecular weight excluding hydrogens is 554 g/mol. The van der Waals surface area contributed by atoms with E-state index in [2.05, 4.69) is 4.72 Å². The fourth-order valence-corrected chi connectivity index (χ4v) is 7.25. The van der Waals surface area contributed by atoms with E-state index in [0.29, 0.717) is 19.5 Å². The van der Waals surface area contributed by atoms with Crippen LogP contribution in [0, 0.1) is 0 Å². The number of nitrogens with zero attached hydrogens (tertiary/aromatic N) is 1. The van der Waals surface area contributed by atoms with Crippen molar-refractivity contribution in [2.24, 2.45) is 0 Å². The number of thioether (sulfide) groups is 1. The third-order valence-corrected chi connectivity index (χ3v) is 9.37. The molecule has 4 rings (SSSR count). The Morgan fingerprint density at radius 2 is 1.58 bits per heavy atom. The highest BCUT2D eigenvalue weighted by atomic mass is 32.2. The predicted octanol–water partition coefficient (Wildman–Crippen LogP) is 7.03. The summed E-state index contributed by atoms with van der Waals surface area (Å²) in [6, 6.07) is 5.21. The number of anilines is 1. The molecule has 2 aromatic rings. The number of nitrogens with one attached hydrogen (secondary N) is 1. The van der Waals surface area contributed by atoms with E-state index in [1.807, 2.05) is 11.9 Å². The first-order valence-electron chi connectivity index (χ1n) is 12.2. The largest absolute Gasteiger partial charge is 0.488 e. The van der Waals surface area contributed by atoms with Gasteiger partial charge in [0.15, 0.2) is 0 Å². The smallest absolute Gasteiger partial charge is 0.419 e. The van der Waals surface area contributed by atoms with Crippen LogP contribution < -0.4 is 9.46 Å². The first-order valence-corrected chi connectivity index (χ1v) is 14.6. The highest BCUT2D eigenvalue weighted by Gasteiger charge is 2.37. The summed E-state index contributed by atoms with van der Waals surface area (Å²) in [5.74, 6) is -0.515. The second-order valence-electron chi connectivity index (χ2n) is 9.64. The van der Waals surface area contributed by atoms with Gasteiger partial charge in [0.2, 0.25) is 0 Å². The average molecular weight is 583 g/mol. The van der Waals surface area contributed by atoms with Crippen molar-refractivity contribution in [3.8, 4) is 5.75 Å². The van der Waals surface area contributed by atoms with E-state index in [4.69, 9.17) is 4.74 Å². The lowest BCUT2D eigenvalue weighted by Crippen LogP contribution is -2.23. The molecule has 0 spiro atoms. The summed E-state index contributed by atoms with van der Waals surface area (Å²) in [4.78, 5) is 1.30. The minimum atomic E-state index is -4.73. The summed E-state index contributed by atoms with van der Waals surface area (Å²) in [5, 5.41) is -0.0555. The zero-order valence-electron chi connectivity index (χ0n) is 20.5. The van der Waals surface area contributed by atoms with Crippen molar-refractivity contribution in [2.45, 2.75) is 72.0 Å². The Morgan fingerprint density at radius 1 is 0.921 bits per heavy atom. The van der Waals surface area contributed by atoms with Crippen LogP contribution >= 0.6 is 11.8 Å². The molecule has 1 aliphatic carbocycles. The van der Waals surface area contributed by atoms with Crippen molar-refractivity contribution in [1.29, 1.82) is 0 Å². The molecule has 2 aliphatic rings. The second-order valence-corrected chi connectivity index (χ2v) is 12.7. The number of sulfonamides is 1. The normalized spacial score (nSPS) is 20.0. The third-order valence-electron chi connectivity index (χ3n) is 6.60. The SMILES string of the molecule is CN1CC[C@@H](Oc2cc(NS(=O)(=O)c3ccc(C(F)(F)F)c(SC4CCCCC4)c3)ccc2C(F)(F)F)C1. The molecule has 2 fully saturated rings. The van der Waals surface area contributed by atoms with Crippen LogP contribution in [0.2, 0.25) is 0 Å². The molecule has 2 aromatic carbocycles. The van der Waals surface area contributed by atoms with Crippen LogP contribution in [-0.2, 0) is 22.4 Å². The van der Waals surface area contributed by atoms with Crippen LogP contribution in [0.1, 0.15) is 49.7 Å². The number of alkyl halides is 6. The van der Waals surface area contributed by atoms with Crippen LogP contribution in [0.5, 0.6) is 5.75 Å². The van der Waals surface area contributed by atoms with E-state index in [1.54, 1.807) is 0 Å². The molecule has 1 saturated carbocycles. The first kappa shape index (κ1) is 28.9. The van der Waals surface area contributed by atoms with Crippen molar-refractivity contribution < 1.29 is 39.5 Å². The highest BCUT2D eigenvalue weighted by Crippen LogP contribution is 2.43. The van der Waals surface area contributed by atoms with E-state index in [9.17, 15) is 34.8 Å². The Hall–Kier alpha value is -2.12. The molecule has 1 N–H and O–H groups in total. The molecule has 5 nitrogen and oxygen atoms in total. The monoisotopic (exact) mass is 582 g/mol. The Morgan fingerprint density at radius 3 is 2.18 bits per heavy atom. The van der Waals surface area contributed by atoms with E-state index < -0.39 is 50.3 Å². The minimum absolute atomic E-state index is 0.0555. The van der Waals surface area contributed by atoms with Gasteiger partial charge in [-0.1, -0.05) is 19.3 Å². The van der Waals surface area contributed by atoms with Crippen molar-refractivity contribution in [3.63, 3.8) is 0 Å². The van der Waals surface area contributed by atoms with Gasteiger partial charge < -0.3 is 9.64 Å². The fraction of sp³-hybridized carbons (Fsp3) is 0.520. The second kappa shape index (κ2) is 11.2. The number of hydrogen-bond donors (Lipinski definition) is 1. The van der Waals surface area contributed by atoms with Crippen molar-refractivity contribution in [2.75, 3.05) is 24.9 Å². The molecule has 1 saturated heterocycles. The highest BCUT2D eigenvalue weighted by molar-refractivity contribution is 8.00. The minimum Gasteiger partial charge on any atom is -0.488 e. The van der Waals surface area contributed by atoms with Gasteiger partial charge in [-0.15, -0.1) is 11.8 Å². The van der Waals surface area contributed by atoms with Gasteiger partial charge in [0.1, 0.15) is 11.9 Å². The first-order chi connectivity index (χ1) is 17.7. The van der Waals surface area contributed by atoms with Gasteiger partial charge in [-0.3, -0.25) is 4.72 Å². The number of likely N-dealkylation sites (N-methyl/N-ethyl adjacent to an activating group) is 1. The zero-order valence-corrected chi connectivity index (χ0v) is 22.2. The van der Waals surface area contributed by atoms with Gasteiger partial charge in [-0.25, -0.2) is 8.42 Å². The van der Waals surface area contributed by atoms with E-state index in [0.717, 1.165) is 80.3 Å². The van der Waals surface area contributed by atoms with E-state index >= 15 is 0 Å². The number of hydrogen-bond acceptors (Lipinski definition) is 5. The van der Waals surface area contributed by atoms with Crippen LogP contribution in [0.4, 0.5) is 32.0 Å². The molecule has 0 unspecified atom stereocenters. The van der Waals surface area contributed by atoms with E-state index in [1.165, 1.54) is 0 Å². The molecule has 1 aliphatic heterocycles. The average Bonchev–Trinajstić information content (AvgIpc) is 3.22. The number of ether oxygens (including phenoxy) is 1. The summed E-state index contributed by atoms with van der Waals surface area (Å²) >= 11 is 1.02. The molecule has 13 heteroatoms. The topological polar surface area (TPSA) is 58.6 Å². The Bertz CT molecular complexity index is 1240. The molecule has 1 atom stereocenters. The van der Waals surface area contributed by atoms with E-state index in [-0.39, 0.29) is 15.8 Å². The molecule has 210 valence electrons. The maximum atomic E-state index is 13.7. The predicted molar refractivity (Wildman–Crippen MR) is 133 cm³/mol. The Labute approximate surface area is 222 Å². The van der Waals surface area contributed by atoms with Crippen LogP contribution in [0.15, 0.2) is 46.2 Å². The summed E-state index contributed by atoms with van der Waals surface area (Å²) < 4.78 is 116. The quantitative estimate of drug-likeness (QED) is 0.355. The standard InChI is InChI=1S/C25H28F6N2O3S2/c1-33-12-11-17(15-33)36-22-13-16(7-9-20(22)24(26,27)28)32-38(34,35)19-8-10-21(25(29,30)31)23(14-19)37-18-5-3-2-4-6-18/h7-10,13-14,17-18,32H,2-6,11-12,15H2,1H3/t17-/m1/s1. The number of benzene rings is 2. The molecule has 0 radical (unpaired) electrons. The van der Waals surface area contributed by atoms with Crippen molar-refractivity contribution in [3.05, 3.63) is 47.5 Å². The fourth-order valence-electron chi connectivity index (χ4n) is 4.67.